The van der Waals surface area contributed by atoms with E-state index in [2.05, 4.69) is 0 Å². The molecule has 1 aliphatic heterocycles. The lowest BCUT2D eigenvalue weighted by Crippen LogP contribution is -2.10. The second-order valence-electron chi connectivity index (χ2n) is 7.23. The van der Waals surface area contributed by atoms with Crippen LogP contribution in [0.4, 0.5) is 0 Å². The van der Waals surface area contributed by atoms with Crippen LogP contribution in [0.3, 0.4) is 0 Å². The Bertz CT molecular complexity index is 1270. The van der Waals surface area contributed by atoms with E-state index in [9.17, 15) is 9.59 Å². The van der Waals surface area contributed by atoms with E-state index in [-0.39, 0.29) is 17.3 Å². The molecule has 0 fully saturated rings. The summed E-state index contributed by atoms with van der Waals surface area (Å²) in [6.07, 6.45) is 1.57. The quantitative estimate of drug-likeness (QED) is 0.304. The predicted octanol–water partition coefficient (Wildman–Crippen LogP) is 4.86. The van der Waals surface area contributed by atoms with Crippen molar-refractivity contribution < 1.29 is 33.3 Å². The number of esters is 1. The molecule has 33 heavy (non-hydrogen) atoms. The molecule has 7 nitrogen and oxygen atoms in total. The molecule has 168 valence electrons. The fraction of sp³-hybridized carbons (Fsp3) is 0.154. The van der Waals surface area contributed by atoms with Gasteiger partial charge in [-0.05, 0) is 48.9 Å². The molecule has 0 aromatic heterocycles. The zero-order chi connectivity index (χ0) is 23.5. The second kappa shape index (κ2) is 9.08. The number of hydrogen-bond acceptors (Lipinski definition) is 7. The van der Waals surface area contributed by atoms with Gasteiger partial charge >= 0.3 is 5.97 Å². The van der Waals surface area contributed by atoms with E-state index in [1.54, 1.807) is 42.5 Å². The molecule has 1 heterocycles. The minimum Gasteiger partial charge on any atom is -0.493 e. The summed E-state index contributed by atoms with van der Waals surface area (Å²) in [7, 11) is 4.53. The summed E-state index contributed by atoms with van der Waals surface area (Å²) < 4.78 is 27.4. The van der Waals surface area contributed by atoms with Crippen molar-refractivity contribution in [1.82, 2.24) is 0 Å². The van der Waals surface area contributed by atoms with Crippen LogP contribution in [0.25, 0.3) is 6.08 Å². The van der Waals surface area contributed by atoms with Crippen LogP contribution >= 0.6 is 0 Å². The topological polar surface area (TPSA) is 80.3 Å². The Kier molecular flexibility index (Phi) is 6.04. The van der Waals surface area contributed by atoms with Gasteiger partial charge in [-0.1, -0.05) is 18.2 Å². The summed E-state index contributed by atoms with van der Waals surface area (Å²) in [5.74, 6) is 1.23. The monoisotopic (exact) mass is 446 g/mol. The van der Waals surface area contributed by atoms with Gasteiger partial charge in [0.05, 0.1) is 32.5 Å². The number of ketones is 1. The maximum absolute atomic E-state index is 12.9. The average molecular weight is 446 g/mol. The summed E-state index contributed by atoms with van der Waals surface area (Å²) in [6.45, 7) is 1.83. The van der Waals surface area contributed by atoms with Crippen molar-refractivity contribution in [3.63, 3.8) is 0 Å². The van der Waals surface area contributed by atoms with Gasteiger partial charge in [-0.2, -0.15) is 0 Å². The summed E-state index contributed by atoms with van der Waals surface area (Å²) in [4.78, 5) is 25.4. The van der Waals surface area contributed by atoms with Gasteiger partial charge < -0.3 is 23.7 Å². The number of allylic oxidation sites excluding steroid dienone is 1. The molecule has 4 rings (SSSR count). The van der Waals surface area contributed by atoms with Crippen LogP contribution in [-0.4, -0.2) is 33.1 Å². The molecule has 0 spiro atoms. The molecule has 0 saturated carbocycles. The minimum absolute atomic E-state index is 0.109. The number of benzene rings is 3. The molecule has 0 amide bonds. The van der Waals surface area contributed by atoms with Gasteiger partial charge in [0.2, 0.25) is 11.5 Å². The summed E-state index contributed by atoms with van der Waals surface area (Å²) in [6, 6.07) is 15.3. The van der Waals surface area contributed by atoms with Gasteiger partial charge in [-0.3, -0.25) is 4.79 Å². The highest BCUT2D eigenvalue weighted by atomic mass is 16.5. The number of fused-ring (bicyclic) bond motifs is 1. The summed E-state index contributed by atoms with van der Waals surface area (Å²) in [5.41, 5.74) is 2.23. The van der Waals surface area contributed by atoms with Crippen LogP contribution in [-0.2, 0) is 0 Å². The third-order valence-electron chi connectivity index (χ3n) is 5.24. The van der Waals surface area contributed by atoms with E-state index < -0.39 is 5.97 Å². The van der Waals surface area contributed by atoms with Crippen molar-refractivity contribution in [2.75, 3.05) is 21.3 Å². The van der Waals surface area contributed by atoms with Crippen molar-refractivity contribution in [3.8, 4) is 28.7 Å². The number of Topliss-reactive ketones (excluding diaryl/α,β-unsaturated/α-hetero) is 1. The molecule has 0 bridgehead atoms. The highest BCUT2D eigenvalue weighted by Gasteiger charge is 2.29. The standard InChI is InChI=1S/C26H22O7/c1-15-7-5-6-8-18(15)26(28)32-17-10-11-19-21(14-17)33-22(23(19)27)13-16-9-12-20(29-2)25(31-4)24(16)30-3/h5-14H,1-4H3/b22-13-. The lowest BCUT2D eigenvalue weighted by Gasteiger charge is -2.14. The third kappa shape index (κ3) is 4.13. The first kappa shape index (κ1) is 22.0. The Morgan fingerprint density at radius 1 is 0.909 bits per heavy atom. The fourth-order valence-corrected chi connectivity index (χ4v) is 3.57. The molecule has 0 radical (unpaired) electrons. The van der Waals surface area contributed by atoms with Crippen molar-refractivity contribution in [1.29, 1.82) is 0 Å². The molecule has 0 aliphatic carbocycles. The van der Waals surface area contributed by atoms with Crippen molar-refractivity contribution in [2.24, 2.45) is 0 Å². The molecule has 7 heteroatoms. The molecular formula is C26H22O7. The number of carbonyl (C=O) groups is 2. The fourth-order valence-electron chi connectivity index (χ4n) is 3.57. The first-order chi connectivity index (χ1) is 16.0. The Balaban J connectivity index is 1.61. The highest BCUT2D eigenvalue weighted by molar-refractivity contribution is 6.14. The molecule has 1 aliphatic rings. The van der Waals surface area contributed by atoms with E-state index in [0.717, 1.165) is 5.56 Å². The largest absolute Gasteiger partial charge is 0.493 e. The molecule has 3 aromatic carbocycles. The van der Waals surface area contributed by atoms with E-state index in [4.69, 9.17) is 23.7 Å². The van der Waals surface area contributed by atoms with Gasteiger partial charge in [-0.25, -0.2) is 4.79 Å². The molecular weight excluding hydrogens is 424 g/mol. The van der Waals surface area contributed by atoms with Crippen LogP contribution < -0.4 is 23.7 Å². The van der Waals surface area contributed by atoms with Crippen molar-refractivity contribution in [3.05, 3.63) is 82.6 Å². The van der Waals surface area contributed by atoms with Crippen molar-refractivity contribution in [2.45, 2.75) is 6.92 Å². The predicted molar refractivity (Wildman–Crippen MR) is 122 cm³/mol. The maximum atomic E-state index is 12.9. The van der Waals surface area contributed by atoms with E-state index >= 15 is 0 Å². The lowest BCUT2D eigenvalue weighted by molar-refractivity contribution is 0.0733. The Labute approximate surface area is 191 Å². The van der Waals surface area contributed by atoms with Crippen LogP contribution in [0.5, 0.6) is 28.7 Å². The van der Waals surface area contributed by atoms with Gasteiger partial charge in [0.25, 0.3) is 0 Å². The van der Waals surface area contributed by atoms with Gasteiger partial charge in [0.1, 0.15) is 11.5 Å². The Morgan fingerprint density at radius 2 is 1.67 bits per heavy atom. The lowest BCUT2D eigenvalue weighted by atomic mass is 10.1. The molecule has 0 atom stereocenters. The molecule has 0 saturated heterocycles. The normalized spacial score (nSPS) is 13.3. The van der Waals surface area contributed by atoms with Crippen LogP contribution in [0.1, 0.15) is 31.8 Å². The molecule has 0 N–H and O–H groups in total. The smallest absolute Gasteiger partial charge is 0.343 e. The average Bonchev–Trinajstić information content (AvgIpc) is 3.13. The number of hydrogen-bond donors (Lipinski definition) is 0. The zero-order valence-electron chi connectivity index (χ0n) is 18.6. The van der Waals surface area contributed by atoms with E-state index in [1.807, 2.05) is 19.1 Å². The van der Waals surface area contributed by atoms with Crippen LogP contribution in [0.2, 0.25) is 0 Å². The number of rotatable bonds is 6. The van der Waals surface area contributed by atoms with Gasteiger partial charge in [-0.15, -0.1) is 0 Å². The first-order valence-electron chi connectivity index (χ1n) is 10.1. The second-order valence-corrected chi connectivity index (χ2v) is 7.23. The third-order valence-corrected chi connectivity index (χ3v) is 5.24. The van der Waals surface area contributed by atoms with Crippen LogP contribution in [0, 0.1) is 6.92 Å². The van der Waals surface area contributed by atoms with Crippen LogP contribution in [0.15, 0.2) is 60.4 Å². The molecule has 3 aromatic rings. The minimum atomic E-state index is -0.483. The van der Waals surface area contributed by atoms with Gasteiger partial charge in [0.15, 0.2) is 17.3 Å². The highest BCUT2D eigenvalue weighted by Crippen LogP contribution is 2.42. The number of carbonyl (C=O) groups excluding carboxylic acids is 2. The summed E-state index contributed by atoms with van der Waals surface area (Å²) >= 11 is 0. The number of methoxy groups -OCH3 is 3. The first-order valence-corrected chi connectivity index (χ1v) is 10.1. The number of aryl methyl sites for hydroxylation is 1. The SMILES string of the molecule is COc1ccc(/C=C2\Oc3cc(OC(=O)c4ccccc4C)ccc3C2=O)c(OC)c1OC. The molecule has 0 unspecified atom stereocenters. The van der Waals surface area contributed by atoms with Crippen molar-refractivity contribution >= 4 is 17.8 Å². The maximum Gasteiger partial charge on any atom is 0.343 e. The van der Waals surface area contributed by atoms with Gasteiger partial charge in [0, 0.05) is 11.6 Å². The Hall–Kier alpha value is -4.26. The van der Waals surface area contributed by atoms with E-state index in [0.29, 0.717) is 39.7 Å². The van der Waals surface area contributed by atoms with E-state index in [1.165, 1.54) is 27.4 Å². The zero-order valence-corrected chi connectivity index (χ0v) is 18.6. The Morgan fingerprint density at radius 3 is 2.36 bits per heavy atom. The summed E-state index contributed by atoms with van der Waals surface area (Å²) in [5, 5.41) is 0. The number of ether oxygens (including phenoxy) is 5.